The molecule has 8 heteroatoms. The molecule has 1 aliphatic heterocycles. The van der Waals surface area contributed by atoms with Crippen molar-refractivity contribution in [1.29, 1.82) is 0 Å². The molecule has 0 spiro atoms. The third-order valence-corrected chi connectivity index (χ3v) is 4.25. The fourth-order valence-electron chi connectivity index (χ4n) is 2.52. The van der Waals surface area contributed by atoms with Crippen molar-refractivity contribution in [2.45, 2.75) is 38.3 Å². The first-order valence-electron chi connectivity index (χ1n) is 6.99. The molecule has 0 bridgehead atoms. The van der Waals surface area contributed by atoms with Gasteiger partial charge in [-0.1, -0.05) is 23.2 Å². The number of ether oxygens (including phenoxy) is 1. The molecule has 1 saturated heterocycles. The summed E-state index contributed by atoms with van der Waals surface area (Å²) in [6.45, 7) is 4.02. The van der Waals surface area contributed by atoms with Gasteiger partial charge in [0.25, 0.3) is 0 Å². The summed E-state index contributed by atoms with van der Waals surface area (Å²) < 4.78 is 7.24. The van der Waals surface area contributed by atoms with Crippen molar-refractivity contribution < 1.29 is 14.9 Å². The molecule has 1 aromatic heterocycles. The third kappa shape index (κ3) is 2.66. The smallest absolute Gasteiger partial charge is 0.206 e. The number of hydrogen-bond donors (Lipinski definition) is 3. The number of anilines is 1. The molecule has 0 saturated carbocycles. The van der Waals surface area contributed by atoms with Gasteiger partial charge in [0.05, 0.1) is 27.7 Å². The number of hydrogen-bond acceptors (Lipinski definition) is 5. The minimum Gasteiger partial charge on any atom is -0.388 e. The van der Waals surface area contributed by atoms with E-state index in [0.29, 0.717) is 27.0 Å². The van der Waals surface area contributed by atoms with Crippen molar-refractivity contribution in [2.75, 3.05) is 11.9 Å². The Morgan fingerprint density at radius 3 is 2.59 bits per heavy atom. The Balaban J connectivity index is 2.18. The van der Waals surface area contributed by atoms with E-state index in [1.54, 1.807) is 16.7 Å². The third-order valence-electron chi connectivity index (χ3n) is 3.53. The lowest BCUT2D eigenvalue weighted by molar-refractivity contribution is -0.0148. The number of aliphatic hydroxyl groups is 2. The van der Waals surface area contributed by atoms with Gasteiger partial charge in [-0.05, 0) is 26.0 Å². The Morgan fingerprint density at radius 1 is 1.32 bits per heavy atom. The molecule has 0 amide bonds. The minimum atomic E-state index is -1.04. The van der Waals surface area contributed by atoms with Crippen LogP contribution in [-0.2, 0) is 4.74 Å². The van der Waals surface area contributed by atoms with Crippen LogP contribution >= 0.6 is 23.2 Å². The van der Waals surface area contributed by atoms with Gasteiger partial charge in [0.1, 0.15) is 12.2 Å². The molecule has 0 aliphatic carbocycles. The zero-order chi connectivity index (χ0) is 16.0. The monoisotopic (exact) mass is 345 g/mol. The predicted octanol–water partition coefficient (Wildman–Crippen LogP) is 2.41. The molecule has 3 atom stereocenters. The van der Waals surface area contributed by atoms with E-state index in [9.17, 15) is 10.2 Å². The first-order valence-corrected chi connectivity index (χ1v) is 7.75. The normalized spacial score (nSPS) is 25.3. The van der Waals surface area contributed by atoms with Crippen LogP contribution in [0.1, 0.15) is 20.1 Å². The molecule has 1 fully saturated rings. The molecule has 22 heavy (non-hydrogen) atoms. The molecule has 2 heterocycles. The van der Waals surface area contributed by atoms with E-state index in [1.165, 1.54) is 0 Å². The van der Waals surface area contributed by atoms with Crippen LogP contribution in [0, 0.1) is 0 Å². The van der Waals surface area contributed by atoms with E-state index in [4.69, 9.17) is 27.9 Å². The van der Waals surface area contributed by atoms with Crippen LogP contribution in [0.4, 0.5) is 5.95 Å². The van der Waals surface area contributed by atoms with Gasteiger partial charge in [-0.3, -0.25) is 4.57 Å². The van der Waals surface area contributed by atoms with Gasteiger partial charge >= 0.3 is 0 Å². The Kier molecular flexibility index (Phi) is 4.22. The summed E-state index contributed by atoms with van der Waals surface area (Å²) in [7, 11) is 0. The highest BCUT2D eigenvalue weighted by molar-refractivity contribution is 6.42. The summed E-state index contributed by atoms with van der Waals surface area (Å²) in [4.78, 5) is 4.49. The van der Waals surface area contributed by atoms with Gasteiger partial charge in [0, 0.05) is 6.04 Å². The molecule has 1 aliphatic rings. The van der Waals surface area contributed by atoms with Crippen LogP contribution in [-0.4, -0.2) is 44.6 Å². The predicted molar refractivity (Wildman–Crippen MR) is 85.5 cm³/mol. The van der Waals surface area contributed by atoms with E-state index >= 15 is 0 Å². The second-order valence-electron chi connectivity index (χ2n) is 5.64. The van der Waals surface area contributed by atoms with Gasteiger partial charge in [0.2, 0.25) is 5.95 Å². The van der Waals surface area contributed by atoms with Gasteiger partial charge in [-0.25, -0.2) is 4.98 Å². The number of rotatable bonds is 3. The lowest BCUT2D eigenvalue weighted by Gasteiger charge is -2.21. The topological polar surface area (TPSA) is 79.5 Å². The van der Waals surface area contributed by atoms with E-state index in [1.807, 2.05) is 13.8 Å². The first-order chi connectivity index (χ1) is 10.4. The number of aromatic nitrogens is 2. The van der Waals surface area contributed by atoms with Gasteiger partial charge in [0.15, 0.2) is 6.23 Å². The molecule has 3 N–H and O–H groups in total. The zero-order valence-electron chi connectivity index (χ0n) is 12.1. The average Bonchev–Trinajstić information content (AvgIpc) is 2.92. The van der Waals surface area contributed by atoms with Crippen molar-refractivity contribution in [2.24, 2.45) is 0 Å². The molecule has 0 radical (unpaired) electrons. The van der Waals surface area contributed by atoms with Crippen LogP contribution in [0.3, 0.4) is 0 Å². The fraction of sp³-hybridized carbons (Fsp3) is 0.500. The number of aliphatic hydroxyl groups excluding tert-OH is 2. The Morgan fingerprint density at radius 2 is 2.00 bits per heavy atom. The molecule has 0 unspecified atom stereocenters. The van der Waals surface area contributed by atoms with Crippen molar-refractivity contribution in [3.63, 3.8) is 0 Å². The van der Waals surface area contributed by atoms with Crippen molar-refractivity contribution >= 4 is 40.2 Å². The first kappa shape index (κ1) is 15.8. The SMILES string of the molecule is CC(C)Nc1nc2cc(Cl)c(Cl)cc2n1[C@H]1OC[C@H](O)[C@@H]1O. The largest absolute Gasteiger partial charge is 0.388 e. The lowest BCUT2D eigenvalue weighted by atomic mass is 10.2. The highest BCUT2D eigenvalue weighted by Crippen LogP contribution is 2.35. The zero-order valence-corrected chi connectivity index (χ0v) is 13.6. The summed E-state index contributed by atoms with van der Waals surface area (Å²) in [5.74, 6) is 0.529. The number of halogens is 2. The molecule has 6 nitrogen and oxygen atoms in total. The number of imidazole rings is 1. The maximum Gasteiger partial charge on any atom is 0.206 e. The van der Waals surface area contributed by atoms with E-state index in [0.717, 1.165) is 0 Å². The quantitative estimate of drug-likeness (QED) is 0.795. The Labute approximate surface area is 137 Å². The van der Waals surface area contributed by atoms with Gasteiger partial charge < -0.3 is 20.3 Å². The summed E-state index contributed by atoms with van der Waals surface area (Å²) in [6, 6.07) is 3.47. The van der Waals surface area contributed by atoms with E-state index < -0.39 is 18.4 Å². The summed E-state index contributed by atoms with van der Waals surface area (Å²) in [6.07, 6.45) is -2.71. The molecular weight excluding hydrogens is 329 g/mol. The van der Waals surface area contributed by atoms with Crippen LogP contribution in [0.15, 0.2) is 12.1 Å². The van der Waals surface area contributed by atoms with Gasteiger partial charge in [-0.15, -0.1) is 0 Å². The standard InChI is InChI=1S/C14H17Cl2N3O3/c1-6(2)17-14-18-9-3-7(15)8(16)4-10(9)19(14)13-12(21)11(20)5-22-13/h3-4,6,11-13,20-21H,5H2,1-2H3,(H,17,18)/t11-,12-,13-/m0/s1. The second-order valence-corrected chi connectivity index (χ2v) is 6.46. The Bertz CT molecular complexity index is 704. The average molecular weight is 346 g/mol. The molecule has 3 rings (SSSR count). The summed E-state index contributed by atoms with van der Waals surface area (Å²) in [5, 5.41) is 23.9. The molecule has 120 valence electrons. The molecular formula is C14H17Cl2N3O3. The van der Waals surface area contributed by atoms with Crippen LogP contribution < -0.4 is 5.32 Å². The lowest BCUT2D eigenvalue weighted by Crippen LogP contribution is -2.29. The number of nitrogens with one attached hydrogen (secondary N) is 1. The minimum absolute atomic E-state index is 0.0634. The number of fused-ring (bicyclic) bond motifs is 1. The number of benzene rings is 1. The molecule has 1 aromatic carbocycles. The highest BCUT2D eigenvalue weighted by Gasteiger charge is 2.38. The van der Waals surface area contributed by atoms with Crippen LogP contribution in [0.2, 0.25) is 10.0 Å². The van der Waals surface area contributed by atoms with Gasteiger partial charge in [-0.2, -0.15) is 0 Å². The van der Waals surface area contributed by atoms with E-state index in [2.05, 4.69) is 10.3 Å². The van der Waals surface area contributed by atoms with E-state index in [-0.39, 0.29) is 12.6 Å². The Hall–Kier alpha value is -1.05. The summed E-state index contributed by atoms with van der Waals surface area (Å²) >= 11 is 12.1. The maximum absolute atomic E-state index is 10.2. The van der Waals surface area contributed by atoms with Crippen molar-refractivity contribution in [1.82, 2.24) is 9.55 Å². The highest BCUT2D eigenvalue weighted by atomic mass is 35.5. The summed E-state index contributed by atoms with van der Waals surface area (Å²) in [5.41, 5.74) is 1.31. The second kappa shape index (κ2) is 5.86. The van der Waals surface area contributed by atoms with Crippen molar-refractivity contribution in [3.05, 3.63) is 22.2 Å². The van der Waals surface area contributed by atoms with Crippen molar-refractivity contribution in [3.8, 4) is 0 Å². The molecule has 2 aromatic rings. The number of nitrogens with zero attached hydrogens (tertiary/aromatic N) is 2. The van der Waals surface area contributed by atoms with Crippen LogP contribution in [0.25, 0.3) is 11.0 Å². The fourth-order valence-corrected chi connectivity index (χ4v) is 2.84. The van der Waals surface area contributed by atoms with Crippen LogP contribution in [0.5, 0.6) is 0 Å². The maximum atomic E-state index is 10.2.